The first-order valence-corrected chi connectivity index (χ1v) is 3.89. The summed E-state index contributed by atoms with van der Waals surface area (Å²) in [6.45, 7) is 0. The first-order valence-electron chi connectivity index (χ1n) is 3.10. The zero-order valence-corrected chi connectivity index (χ0v) is 8.76. The van der Waals surface area contributed by atoms with E-state index >= 15 is 0 Å². The Labute approximate surface area is 89.4 Å². The normalized spacial score (nSPS) is 8.69. The molecule has 5 nitrogen and oxygen atoms in total. The van der Waals surface area contributed by atoms with Gasteiger partial charge in [0, 0.05) is 28.3 Å². The fraction of sp³-hybridized carbons (Fsp3) is 0. The van der Waals surface area contributed by atoms with Gasteiger partial charge < -0.3 is 5.43 Å². The van der Waals surface area contributed by atoms with E-state index in [0.29, 0.717) is 5.69 Å². The number of halogens is 2. The van der Waals surface area contributed by atoms with Crippen molar-refractivity contribution in [2.45, 2.75) is 0 Å². The fourth-order valence-electron chi connectivity index (χ4n) is 0.752. The summed E-state index contributed by atoms with van der Waals surface area (Å²) in [4.78, 5) is 9.86. The molecule has 0 saturated heterocycles. The Kier molecular flexibility index (Phi) is 5.36. The van der Waals surface area contributed by atoms with E-state index in [1.807, 2.05) is 0 Å². The van der Waals surface area contributed by atoms with E-state index in [1.54, 1.807) is 12.1 Å². The predicted molar refractivity (Wildman–Crippen MR) is 56.0 cm³/mol. The second-order valence-electron chi connectivity index (χ2n) is 2.03. The fourth-order valence-corrected chi connectivity index (χ4v) is 0.981. The van der Waals surface area contributed by atoms with Gasteiger partial charge in [-0.05, 0) is 6.07 Å². The summed E-state index contributed by atoms with van der Waals surface area (Å²) < 4.78 is 2.49. The molecule has 0 amide bonds. The monoisotopic (exact) mass is 267 g/mol. The lowest BCUT2D eigenvalue weighted by Gasteiger charge is -2.00. The molecule has 0 saturated carbocycles. The number of nitro groups is 1. The molecule has 0 radical (unpaired) electrons. The third-order valence-electron chi connectivity index (χ3n) is 1.25. The molecular formula is C6H7BrClN3O2. The van der Waals surface area contributed by atoms with Crippen LogP contribution in [0, 0.1) is 10.1 Å². The first kappa shape index (κ1) is 12.2. The van der Waals surface area contributed by atoms with Gasteiger partial charge in [0.2, 0.25) is 0 Å². The number of anilines is 1. The molecule has 0 fully saturated rings. The average Bonchev–Trinajstić information content (AvgIpc) is 2.05. The number of nitro benzene ring substituents is 1. The lowest BCUT2D eigenvalue weighted by molar-refractivity contribution is -0.384. The maximum absolute atomic E-state index is 10.3. The number of hydrazine groups is 1. The van der Waals surface area contributed by atoms with Crippen LogP contribution in [0.5, 0.6) is 0 Å². The highest BCUT2D eigenvalue weighted by atomic mass is 79.9. The van der Waals surface area contributed by atoms with Crippen molar-refractivity contribution in [3.8, 4) is 0 Å². The van der Waals surface area contributed by atoms with Crippen molar-refractivity contribution in [3.63, 3.8) is 0 Å². The summed E-state index contributed by atoms with van der Waals surface area (Å²) in [5.41, 5.74) is 3.35. The van der Waals surface area contributed by atoms with Crippen LogP contribution in [0.15, 0.2) is 24.3 Å². The molecule has 1 aromatic carbocycles. The minimum absolute atomic E-state index is 0. The number of nitrogens with zero attached hydrogens (tertiary/aromatic N) is 1. The van der Waals surface area contributed by atoms with Crippen LogP contribution in [0.25, 0.3) is 0 Å². The molecular weight excluding hydrogens is 261 g/mol. The van der Waals surface area contributed by atoms with Crippen molar-refractivity contribution in [3.05, 3.63) is 34.4 Å². The van der Waals surface area contributed by atoms with Crippen LogP contribution in [-0.4, -0.2) is 4.92 Å². The standard InChI is InChI=1S/C6H6BrN3O2.ClH/c7-9-8-5-2-1-3-6(4-5)10(11)12;/h1-4,8-9H;1H. The number of non-ortho nitro benzene ring substituents is 1. The lowest BCUT2D eigenvalue weighted by atomic mass is 10.3. The highest BCUT2D eigenvalue weighted by molar-refractivity contribution is 9.08. The summed E-state index contributed by atoms with van der Waals surface area (Å²) in [5, 5.41) is 10.3. The summed E-state index contributed by atoms with van der Waals surface area (Å²) in [6.07, 6.45) is 0. The molecule has 0 aliphatic rings. The molecule has 72 valence electrons. The van der Waals surface area contributed by atoms with Gasteiger partial charge in [0.15, 0.2) is 0 Å². The van der Waals surface area contributed by atoms with Gasteiger partial charge in [0.25, 0.3) is 5.69 Å². The van der Waals surface area contributed by atoms with Gasteiger partial charge in [-0.15, -0.1) is 12.4 Å². The third-order valence-corrected chi connectivity index (χ3v) is 1.45. The van der Waals surface area contributed by atoms with Gasteiger partial charge in [-0.2, -0.15) is 4.45 Å². The van der Waals surface area contributed by atoms with Crippen LogP contribution >= 0.6 is 28.6 Å². The van der Waals surface area contributed by atoms with E-state index in [4.69, 9.17) is 0 Å². The smallest absolute Gasteiger partial charge is 0.271 e. The van der Waals surface area contributed by atoms with Gasteiger partial charge in [0.05, 0.1) is 10.6 Å². The quantitative estimate of drug-likeness (QED) is 0.501. The van der Waals surface area contributed by atoms with Crippen molar-refractivity contribution in [1.82, 2.24) is 4.45 Å². The van der Waals surface area contributed by atoms with Crippen LogP contribution in [0.4, 0.5) is 11.4 Å². The zero-order valence-electron chi connectivity index (χ0n) is 6.36. The second kappa shape index (κ2) is 5.74. The van der Waals surface area contributed by atoms with E-state index < -0.39 is 4.92 Å². The summed E-state index contributed by atoms with van der Waals surface area (Å²) in [5.74, 6) is 0. The molecule has 0 atom stereocenters. The van der Waals surface area contributed by atoms with Crippen molar-refractivity contribution < 1.29 is 4.92 Å². The van der Waals surface area contributed by atoms with E-state index in [2.05, 4.69) is 26.0 Å². The van der Waals surface area contributed by atoms with Crippen LogP contribution < -0.4 is 9.88 Å². The lowest BCUT2D eigenvalue weighted by Crippen LogP contribution is -2.07. The predicted octanol–water partition coefficient (Wildman–Crippen LogP) is 2.24. The maximum atomic E-state index is 10.3. The average molecular weight is 268 g/mol. The number of rotatable bonds is 3. The van der Waals surface area contributed by atoms with Gasteiger partial charge in [-0.1, -0.05) is 6.07 Å². The summed E-state index contributed by atoms with van der Waals surface area (Å²) in [7, 11) is 0. The Morgan fingerprint density at radius 3 is 2.69 bits per heavy atom. The Balaban J connectivity index is 0.00000144. The number of nitrogens with one attached hydrogen (secondary N) is 2. The van der Waals surface area contributed by atoms with Crippen LogP contribution in [0.1, 0.15) is 0 Å². The van der Waals surface area contributed by atoms with Crippen molar-refractivity contribution in [1.29, 1.82) is 0 Å². The van der Waals surface area contributed by atoms with Gasteiger partial charge in [0.1, 0.15) is 0 Å². The first-order chi connectivity index (χ1) is 5.74. The topological polar surface area (TPSA) is 67.2 Å². The minimum Gasteiger partial charge on any atom is -0.311 e. The van der Waals surface area contributed by atoms with E-state index in [9.17, 15) is 10.1 Å². The molecule has 1 aromatic rings. The Bertz CT molecular complexity index is 297. The molecule has 0 spiro atoms. The van der Waals surface area contributed by atoms with Gasteiger partial charge in [-0.3, -0.25) is 10.1 Å². The van der Waals surface area contributed by atoms with Crippen LogP contribution in [0.2, 0.25) is 0 Å². The van der Waals surface area contributed by atoms with Crippen molar-refractivity contribution in [2.75, 3.05) is 5.43 Å². The molecule has 7 heteroatoms. The van der Waals surface area contributed by atoms with Gasteiger partial charge >= 0.3 is 0 Å². The molecule has 0 aliphatic carbocycles. The summed E-state index contributed by atoms with van der Waals surface area (Å²) in [6, 6.07) is 6.17. The molecule has 0 bridgehead atoms. The summed E-state index contributed by atoms with van der Waals surface area (Å²) >= 11 is 2.92. The third kappa shape index (κ3) is 3.58. The number of hydrogen-bond donors (Lipinski definition) is 2. The Morgan fingerprint density at radius 2 is 2.15 bits per heavy atom. The highest BCUT2D eigenvalue weighted by Gasteiger charge is 2.03. The van der Waals surface area contributed by atoms with Crippen molar-refractivity contribution in [2.24, 2.45) is 0 Å². The molecule has 0 heterocycles. The Hall–Kier alpha value is -0.850. The van der Waals surface area contributed by atoms with E-state index in [1.165, 1.54) is 12.1 Å². The molecule has 1 rings (SSSR count). The molecule has 13 heavy (non-hydrogen) atoms. The van der Waals surface area contributed by atoms with E-state index in [-0.39, 0.29) is 18.1 Å². The van der Waals surface area contributed by atoms with Crippen LogP contribution in [-0.2, 0) is 0 Å². The Morgan fingerprint density at radius 1 is 1.46 bits per heavy atom. The molecule has 0 aromatic heterocycles. The SMILES string of the molecule is Cl.O=[N+]([O-])c1cccc(NNBr)c1. The minimum atomic E-state index is -0.445. The van der Waals surface area contributed by atoms with Crippen LogP contribution in [0.3, 0.4) is 0 Å². The molecule has 0 aliphatic heterocycles. The van der Waals surface area contributed by atoms with E-state index in [0.717, 1.165) is 0 Å². The molecule has 0 unspecified atom stereocenters. The highest BCUT2D eigenvalue weighted by Crippen LogP contribution is 2.16. The van der Waals surface area contributed by atoms with Gasteiger partial charge in [-0.25, -0.2) is 0 Å². The number of hydrogen-bond acceptors (Lipinski definition) is 4. The largest absolute Gasteiger partial charge is 0.311 e. The molecule has 2 N–H and O–H groups in total. The zero-order chi connectivity index (χ0) is 8.97. The second-order valence-corrected chi connectivity index (χ2v) is 2.42. The maximum Gasteiger partial charge on any atom is 0.271 e. The van der Waals surface area contributed by atoms with Crippen molar-refractivity contribution >= 4 is 39.9 Å². The number of benzene rings is 1.